The Balaban J connectivity index is 1.73. The number of alkyl halides is 4. The molecule has 0 spiro atoms. The molecule has 0 bridgehead atoms. The monoisotopic (exact) mass is 423 g/mol. The number of hydrogen-bond donors (Lipinski definition) is 2. The molecule has 11 heteroatoms. The van der Waals surface area contributed by atoms with Crippen LogP contribution in [0.1, 0.15) is 25.0 Å². The van der Waals surface area contributed by atoms with Crippen molar-refractivity contribution >= 4 is 11.6 Å². The lowest BCUT2D eigenvalue weighted by Crippen LogP contribution is -2.93. The fourth-order valence-electron chi connectivity index (χ4n) is 3.20. The molecule has 0 amide bonds. The van der Waals surface area contributed by atoms with E-state index in [-0.39, 0.29) is 19.0 Å². The van der Waals surface area contributed by atoms with Gasteiger partial charge in [0.15, 0.2) is 6.61 Å². The maximum Gasteiger partial charge on any atom is 0.340 e. The summed E-state index contributed by atoms with van der Waals surface area (Å²) in [6, 6.07) is 1.25. The lowest BCUT2D eigenvalue weighted by atomic mass is 10.1. The van der Waals surface area contributed by atoms with Gasteiger partial charge in [-0.2, -0.15) is 14.2 Å². The van der Waals surface area contributed by atoms with Gasteiger partial charge in [0.05, 0.1) is 11.1 Å². The fourth-order valence-corrected chi connectivity index (χ4v) is 3.44. The van der Waals surface area contributed by atoms with Crippen LogP contribution in [0.4, 0.5) is 17.6 Å². The third-order valence-electron chi connectivity index (χ3n) is 4.99. The van der Waals surface area contributed by atoms with Gasteiger partial charge in [-0.3, -0.25) is 0 Å². The van der Waals surface area contributed by atoms with E-state index in [9.17, 15) is 22.8 Å². The molecule has 0 radical (unpaired) electrons. The molecule has 2 aliphatic heterocycles. The average molecular weight is 424 g/mol. The summed E-state index contributed by atoms with van der Waals surface area (Å²) >= 11 is 6.09. The first-order valence-electron chi connectivity index (χ1n) is 8.54. The predicted molar refractivity (Wildman–Crippen MR) is 92.5 cm³/mol. The van der Waals surface area contributed by atoms with Crippen LogP contribution in [0, 0.1) is 5.21 Å². The number of fused-ring (bicyclic) bond motifs is 1. The van der Waals surface area contributed by atoms with Gasteiger partial charge in [-0.05, 0) is 26.0 Å². The average Bonchev–Trinajstić information content (AvgIpc) is 2.99. The van der Waals surface area contributed by atoms with Crippen LogP contribution in [0.15, 0.2) is 35.5 Å². The number of nitrogens with zero attached hydrogens (tertiary/aromatic N) is 2. The highest BCUT2D eigenvalue weighted by Gasteiger charge is 2.43. The zero-order valence-corrected chi connectivity index (χ0v) is 15.9. The molecule has 154 valence electrons. The van der Waals surface area contributed by atoms with Crippen molar-refractivity contribution in [3.63, 3.8) is 0 Å². The van der Waals surface area contributed by atoms with E-state index in [0.717, 1.165) is 11.1 Å². The highest BCUT2D eigenvalue weighted by Crippen LogP contribution is 2.36. The minimum Gasteiger partial charge on any atom is -0.632 e. The Bertz CT molecular complexity index is 833. The number of hydrogen-bond acceptors (Lipinski definition) is 4. The number of pyridine rings is 1. The van der Waals surface area contributed by atoms with E-state index in [0.29, 0.717) is 16.4 Å². The van der Waals surface area contributed by atoms with Crippen molar-refractivity contribution in [2.45, 2.75) is 45.3 Å². The Kier molecular flexibility index (Phi) is 5.59. The first-order valence-corrected chi connectivity index (χ1v) is 8.92. The number of rotatable bonds is 6. The molecule has 28 heavy (non-hydrogen) atoms. The summed E-state index contributed by atoms with van der Waals surface area (Å²) in [5.41, 5.74) is 6.74. The molecule has 1 aromatic heterocycles. The van der Waals surface area contributed by atoms with Gasteiger partial charge in [0.25, 0.3) is 0 Å². The number of hydroxylamine groups is 3. The Hall–Kier alpha value is -1.88. The van der Waals surface area contributed by atoms with Crippen LogP contribution in [0.25, 0.3) is 0 Å². The fraction of sp³-hybridized carbons (Fsp3) is 0.471. The lowest BCUT2D eigenvalue weighted by molar-refractivity contribution is -0.919. The summed E-state index contributed by atoms with van der Waals surface area (Å²) in [7, 11) is 0. The van der Waals surface area contributed by atoms with E-state index in [1.807, 2.05) is 0 Å². The SMILES string of the molecule is CC1=C(OCC(F)(F)C(F)F)[NH2+]NC(C(C)[N+]2([O-])Cc3ccnc(Cl)c3C2)=C1. The first-order chi connectivity index (χ1) is 13.0. The van der Waals surface area contributed by atoms with E-state index >= 15 is 0 Å². The van der Waals surface area contributed by atoms with Crippen molar-refractivity contribution in [3.05, 3.63) is 57.0 Å². The summed E-state index contributed by atoms with van der Waals surface area (Å²) in [6.07, 6.45) is -0.653. The van der Waals surface area contributed by atoms with Crippen molar-refractivity contribution in [3.8, 4) is 0 Å². The molecule has 2 unspecified atom stereocenters. The summed E-state index contributed by atoms with van der Waals surface area (Å²) in [5, 5.41) is 13.7. The van der Waals surface area contributed by atoms with Gasteiger partial charge in [-0.25, -0.2) is 19.2 Å². The molecular formula is C17H20ClF4N4O2+. The third kappa shape index (κ3) is 3.95. The zero-order chi connectivity index (χ0) is 20.7. The minimum atomic E-state index is -4.24. The normalized spacial score (nSPS) is 23.4. The van der Waals surface area contributed by atoms with Gasteiger partial charge in [-0.15, -0.1) is 0 Å². The van der Waals surface area contributed by atoms with Crippen molar-refractivity contribution in [2.24, 2.45) is 0 Å². The van der Waals surface area contributed by atoms with E-state index in [1.54, 1.807) is 32.2 Å². The molecule has 0 fully saturated rings. The molecule has 6 nitrogen and oxygen atoms in total. The molecule has 0 aliphatic carbocycles. The molecule has 0 saturated carbocycles. The summed E-state index contributed by atoms with van der Waals surface area (Å²) in [5.74, 6) is -4.22. The van der Waals surface area contributed by atoms with E-state index in [1.165, 1.54) is 5.43 Å². The van der Waals surface area contributed by atoms with Crippen molar-refractivity contribution in [1.82, 2.24) is 10.4 Å². The van der Waals surface area contributed by atoms with Crippen LogP contribution in [0.5, 0.6) is 0 Å². The van der Waals surface area contributed by atoms with Crippen LogP contribution in [0.2, 0.25) is 5.15 Å². The minimum absolute atomic E-state index is 0.0191. The molecule has 2 aliphatic rings. The van der Waals surface area contributed by atoms with Gasteiger partial charge in [0.1, 0.15) is 30.0 Å². The van der Waals surface area contributed by atoms with E-state index < -0.39 is 29.6 Å². The maximum atomic E-state index is 13.4. The molecule has 3 N–H and O–H groups in total. The Morgan fingerprint density at radius 3 is 2.75 bits per heavy atom. The highest BCUT2D eigenvalue weighted by atomic mass is 35.5. The number of ether oxygens (including phenoxy) is 1. The quantitative estimate of drug-likeness (QED) is 0.242. The number of nitrogens with two attached hydrogens (primary N) is 1. The van der Waals surface area contributed by atoms with E-state index in [4.69, 9.17) is 16.3 Å². The second kappa shape index (κ2) is 7.51. The molecule has 2 atom stereocenters. The largest absolute Gasteiger partial charge is 0.632 e. The van der Waals surface area contributed by atoms with Crippen LogP contribution < -0.4 is 10.9 Å². The Morgan fingerprint density at radius 1 is 1.43 bits per heavy atom. The molecule has 3 rings (SSSR count). The van der Waals surface area contributed by atoms with Crippen molar-refractivity contribution < 1.29 is 32.4 Å². The van der Waals surface area contributed by atoms with Gasteiger partial charge < -0.3 is 14.6 Å². The molecule has 1 aromatic rings. The van der Waals surface area contributed by atoms with Crippen LogP contribution in [0.3, 0.4) is 0 Å². The van der Waals surface area contributed by atoms with Crippen molar-refractivity contribution in [1.29, 1.82) is 0 Å². The van der Waals surface area contributed by atoms with Crippen LogP contribution in [-0.4, -0.2) is 34.6 Å². The second-order valence-electron chi connectivity index (χ2n) is 6.97. The number of aromatic nitrogens is 1. The summed E-state index contributed by atoms with van der Waals surface area (Å²) < 4.78 is 54.9. The summed E-state index contributed by atoms with van der Waals surface area (Å²) in [4.78, 5) is 4.00. The number of allylic oxidation sites excluding steroid dienone is 2. The summed E-state index contributed by atoms with van der Waals surface area (Å²) in [6.45, 7) is 2.29. The van der Waals surface area contributed by atoms with E-state index in [2.05, 4.69) is 10.4 Å². The van der Waals surface area contributed by atoms with Crippen molar-refractivity contribution in [2.75, 3.05) is 6.61 Å². The van der Waals surface area contributed by atoms with Gasteiger partial charge >= 0.3 is 18.2 Å². The van der Waals surface area contributed by atoms with Gasteiger partial charge in [-0.1, -0.05) is 11.6 Å². The standard InChI is InChI=1S/C17H19ClF4N4O2/c1-9-5-13(24-25-15(9)28-8-17(21,22)16(19)20)10(2)26(27)6-11-3-4-23-14(18)12(11)7-26/h3-5,10,16,24-25H,6-8H2,1-2H3/p+1. The van der Waals surface area contributed by atoms with Gasteiger partial charge in [0, 0.05) is 11.8 Å². The van der Waals surface area contributed by atoms with Crippen LogP contribution >= 0.6 is 11.6 Å². The Morgan fingerprint density at radius 2 is 2.14 bits per heavy atom. The maximum absolute atomic E-state index is 13.4. The Labute approximate surface area is 164 Å². The molecule has 3 heterocycles. The topological polar surface area (TPSA) is 73.8 Å². The molecular weight excluding hydrogens is 404 g/mol. The first kappa shape index (κ1) is 20.8. The highest BCUT2D eigenvalue weighted by molar-refractivity contribution is 6.30. The van der Waals surface area contributed by atoms with Crippen LogP contribution in [-0.2, 0) is 17.8 Å². The second-order valence-corrected chi connectivity index (χ2v) is 7.33. The zero-order valence-electron chi connectivity index (χ0n) is 15.2. The molecule has 0 saturated heterocycles. The molecule has 0 aromatic carbocycles. The predicted octanol–water partition coefficient (Wildman–Crippen LogP) is 2.57. The number of nitrogens with one attached hydrogen (secondary N) is 1. The smallest absolute Gasteiger partial charge is 0.340 e. The number of quaternary nitrogens is 2. The third-order valence-corrected chi connectivity index (χ3v) is 5.32. The number of halogens is 5. The van der Waals surface area contributed by atoms with Gasteiger partial charge in [0.2, 0.25) is 0 Å². The lowest BCUT2D eigenvalue weighted by Gasteiger charge is -2.44.